The third kappa shape index (κ3) is 5.29. The minimum atomic E-state index is -1.41. The predicted molar refractivity (Wildman–Crippen MR) is 107 cm³/mol. The van der Waals surface area contributed by atoms with Gasteiger partial charge in [-0.3, -0.25) is 9.59 Å². The normalized spacial score (nSPS) is 11.9. The maximum Gasteiger partial charge on any atom is 0.340 e. The maximum absolute atomic E-state index is 12.3. The van der Waals surface area contributed by atoms with E-state index in [9.17, 15) is 24.3 Å². The van der Waals surface area contributed by atoms with Crippen LogP contribution in [-0.2, 0) is 20.8 Å². The van der Waals surface area contributed by atoms with Crippen molar-refractivity contribution in [3.8, 4) is 5.75 Å². The summed E-state index contributed by atoms with van der Waals surface area (Å²) in [6.07, 6.45) is -0.324. The number of carbonyl (C=O) groups excluding carboxylic acids is 3. The number of nitrogens with one attached hydrogen (secondary N) is 2. The minimum Gasteiger partial charge on any atom is -0.548 e. The number of hydrogen-bond acceptors (Lipinski definition) is 7. The molecule has 0 aliphatic rings. The standard InChI is InChI=1S/C20H23ClN2O7/c1-9(2)18(19(26)27)23-17(25)8-22-16(24)6-12-10(3)11-5-13(21)15(29-4)7-14(11)30-20(12)28/h5,7,9,18H,6,8H2,1-4H3,(H,22,24)(H,23,25)(H,26,27)/p-1/t18-/m0/s1. The van der Waals surface area contributed by atoms with Crippen molar-refractivity contribution in [1.82, 2.24) is 10.6 Å². The lowest BCUT2D eigenvalue weighted by Gasteiger charge is -2.23. The molecule has 9 nitrogen and oxygen atoms in total. The molecule has 0 spiro atoms. The largest absolute Gasteiger partial charge is 0.548 e. The SMILES string of the molecule is COc1cc2oc(=O)c(CC(=O)NCC(=O)N[C@H](C(=O)[O-])C(C)C)c(C)c2cc1Cl. The molecule has 2 N–H and O–H groups in total. The number of aliphatic carboxylic acids is 1. The number of methoxy groups -OCH3 is 1. The molecule has 10 heteroatoms. The molecule has 0 bridgehead atoms. The number of carboxylic acids is 1. The van der Waals surface area contributed by atoms with E-state index in [-0.39, 0.29) is 23.5 Å². The zero-order chi connectivity index (χ0) is 22.6. The number of halogens is 1. The van der Waals surface area contributed by atoms with Gasteiger partial charge in [0, 0.05) is 11.5 Å². The Labute approximate surface area is 177 Å². The molecule has 0 radical (unpaired) electrons. The van der Waals surface area contributed by atoms with Crippen molar-refractivity contribution in [3.05, 3.63) is 38.7 Å². The number of fused-ring (bicyclic) bond motifs is 1. The monoisotopic (exact) mass is 437 g/mol. The second kappa shape index (κ2) is 9.62. The van der Waals surface area contributed by atoms with E-state index in [4.69, 9.17) is 20.8 Å². The van der Waals surface area contributed by atoms with Crippen LogP contribution in [-0.4, -0.2) is 37.5 Å². The van der Waals surface area contributed by atoms with Crippen LogP contribution in [0.4, 0.5) is 0 Å². The van der Waals surface area contributed by atoms with Crippen LogP contribution in [0.1, 0.15) is 25.0 Å². The van der Waals surface area contributed by atoms with E-state index in [1.54, 1.807) is 26.8 Å². The van der Waals surface area contributed by atoms with Crippen LogP contribution in [0.15, 0.2) is 21.3 Å². The van der Waals surface area contributed by atoms with Crippen molar-refractivity contribution in [1.29, 1.82) is 0 Å². The van der Waals surface area contributed by atoms with Gasteiger partial charge in [0.2, 0.25) is 11.8 Å². The molecule has 0 aliphatic heterocycles. The first kappa shape index (κ1) is 23.2. The Bertz CT molecular complexity index is 1050. The van der Waals surface area contributed by atoms with Gasteiger partial charge in [-0.05, 0) is 24.5 Å². The first-order valence-electron chi connectivity index (χ1n) is 9.11. The quantitative estimate of drug-likeness (QED) is 0.567. The highest BCUT2D eigenvalue weighted by molar-refractivity contribution is 6.32. The number of aryl methyl sites for hydroxylation is 1. The van der Waals surface area contributed by atoms with Crippen molar-refractivity contribution in [2.45, 2.75) is 33.2 Å². The van der Waals surface area contributed by atoms with E-state index in [0.29, 0.717) is 21.7 Å². The minimum absolute atomic E-state index is 0.122. The summed E-state index contributed by atoms with van der Waals surface area (Å²) >= 11 is 6.13. The van der Waals surface area contributed by atoms with Gasteiger partial charge in [0.05, 0.1) is 42.7 Å². The Morgan fingerprint density at radius 3 is 2.47 bits per heavy atom. The molecule has 2 amide bonds. The fourth-order valence-electron chi connectivity index (χ4n) is 2.87. The van der Waals surface area contributed by atoms with Gasteiger partial charge >= 0.3 is 5.63 Å². The van der Waals surface area contributed by atoms with Gasteiger partial charge in [-0.2, -0.15) is 0 Å². The molecule has 30 heavy (non-hydrogen) atoms. The molecule has 1 heterocycles. The molecule has 0 saturated heterocycles. The topological polar surface area (TPSA) is 138 Å². The number of rotatable bonds is 8. The van der Waals surface area contributed by atoms with Crippen LogP contribution in [0, 0.1) is 12.8 Å². The first-order chi connectivity index (χ1) is 14.0. The number of amides is 2. The van der Waals surface area contributed by atoms with Crippen LogP contribution in [0.2, 0.25) is 5.02 Å². The Balaban J connectivity index is 2.12. The summed E-state index contributed by atoms with van der Waals surface area (Å²) in [4.78, 5) is 47.5. The second-order valence-electron chi connectivity index (χ2n) is 7.04. The van der Waals surface area contributed by atoms with Crippen molar-refractivity contribution in [2.75, 3.05) is 13.7 Å². The summed E-state index contributed by atoms with van der Waals surface area (Å²) in [7, 11) is 1.43. The Hall–Kier alpha value is -3.07. The molecular weight excluding hydrogens is 416 g/mol. The molecular formula is C20H22ClN2O7-. The Kier molecular flexibility index (Phi) is 7.44. The fraction of sp³-hybridized carbons (Fsp3) is 0.400. The molecule has 1 aromatic heterocycles. The zero-order valence-electron chi connectivity index (χ0n) is 17.0. The molecule has 162 valence electrons. The van der Waals surface area contributed by atoms with Gasteiger partial charge in [0.25, 0.3) is 0 Å². The average Bonchev–Trinajstić information content (AvgIpc) is 2.67. The van der Waals surface area contributed by atoms with Crippen molar-refractivity contribution in [3.63, 3.8) is 0 Å². The van der Waals surface area contributed by atoms with Gasteiger partial charge in [-0.1, -0.05) is 25.4 Å². The van der Waals surface area contributed by atoms with Gasteiger partial charge in [0.15, 0.2) is 0 Å². The second-order valence-corrected chi connectivity index (χ2v) is 7.44. The number of hydrogen-bond donors (Lipinski definition) is 2. The number of ether oxygens (including phenoxy) is 1. The summed E-state index contributed by atoms with van der Waals surface area (Å²) in [5.41, 5.74) is 0.212. The van der Waals surface area contributed by atoms with Gasteiger partial charge in [-0.25, -0.2) is 4.79 Å². The van der Waals surface area contributed by atoms with E-state index in [2.05, 4.69) is 10.6 Å². The molecule has 1 atom stereocenters. The van der Waals surface area contributed by atoms with Crippen LogP contribution in [0.3, 0.4) is 0 Å². The number of carboxylic acid groups (broad SMARTS) is 1. The van der Waals surface area contributed by atoms with Crippen LogP contribution >= 0.6 is 11.6 Å². The lowest BCUT2D eigenvalue weighted by atomic mass is 10.0. The van der Waals surface area contributed by atoms with E-state index >= 15 is 0 Å². The van der Waals surface area contributed by atoms with Crippen molar-refractivity contribution < 1.29 is 28.6 Å². The summed E-state index contributed by atoms with van der Waals surface area (Å²) < 4.78 is 10.4. The smallest absolute Gasteiger partial charge is 0.340 e. The Morgan fingerprint density at radius 2 is 1.90 bits per heavy atom. The lowest BCUT2D eigenvalue weighted by Crippen LogP contribution is -2.53. The molecule has 2 rings (SSSR count). The van der Waals surface area contributed by atoms with Gasteiger partial charge in [-0.15, -0.1) is 0 Å². The maximum atomic E-state index is 12.3. The first-order valence-corrected chi connectivity index (χ1v) is 9.49. The van der Waals surface area contributed by atoms with Crippen molar-refractivity contribution >= 4 is 40.4 Å². The zero-order valence-corrected chi connectivity index (χ0v) is 17.7. The third-order valence-electron chi connectivity index (χ3n) is 4.58. The summed E-state index contributed by atoms with van der Waals surface area (Å²) in [6, 6.07) is 1.89. The third-order valence-corrected chi connectivity index (χ3v) is 4.88. The van der Waals surface area contributed by atoms with E-state index < -0.39 is 36.0 Å². The summed E-state index contributed by atoms with van der Waals surface area (Å²) in [5.74, 6) is -2.74. The van der Waals surface area contributed by atoms with Crippen LogP contribution in [0.25, 0.3) is 11.0 Å². The van der Waals surface area contributed by atoms with E-state index in [0.717, 1.165) is 0 Å². The summed E-state index contributed by atoms with van der Waals surface area (Å²) in [6.45, 7) is 4.44. The fourth-order valence-corrected chi connectivity index (χ4v) is 3.12. The van der Waals surface area contributed by atoms with E-state index in [1.807, 2.05) is 0 Å². The lowest BCUT2D eigenvalue weighted by molar-refractivity contribution is -0.309. The molecule has 0 saturated carbocycles. The molecule has 1 aromatic carbocycles. The van der Waals surface area contributed by atoms with Gasteiger partial charge in [0.1, 0.15) is 11.3 Å². The van der Waals surface area contributed by atoms with Crippen molar-refractivity contribution in [2.24, 2.45) is 5.92 Å². The van der Waals surface area contributed by atoms with E-state index in [1.165, 1.54) is 13.2 Å². The van der Waals surface area contributed by atoms with Crippen LogP contribution < -0.4 is 26.1 Å². The van der Waals surface area contributed by atoms with Gasteiger partial charge < -0.3 is 29.7 Å². The summed E-state index contributed by atoms with van der Waals surface area (Å²) in [5, 5.41) is 16.5. The highest BCUT2D eigenvalue weighted by Crippen LogP contribution is 2.31. The average molecular weight is 438 g/mol. The number of carbonyl (C=O) groups is 3. The number of benzene rings is 1. The Morgan fingerprint density at radius 1 is 1.23 bits per heavy atom. The molecule has 0 aliphatic carbocycles. The molecule has 2 aromatic rings. The highest BCUT2D eigenvalue weighted by Gasteiger charge is 2.19. The molecule has 0 unspecified atom stereocenters. The molecule has 0 fully saturated rings. The predicted octanol–water partition coefficient (Wildman–Crippen LogP) is 0.313. The van der Waals surface area contributed by atoms with Crippen LogP contribution in [0.5, 0.6) is 5.75 Å². The highest BCUT2D eigenvalue weighted by atomic mass is 35.5.